The highest BCUT2D eigenvalue weighted by Crippen LogP contribution is 2.45. The molecule has 0 unspecified atom stereocenters. The first-order chi connectivity index (χ1) is 6.18. The van der Waals surface area contributed by atoms with Crippen LogP contribution in [0.2, 0.25) is 0 Å². The Hall–Kier alpha value is -0.570. The monoisotopic (exact) mass is 183 g/mol. The molecule has 2 aliphatic rings. The van der Waals surface area contributed by atoms with Crippen molar-refractivity contribution in [3.8, 4) is 0 Å². The van der Waals surface area contributed by atoms with Crippen LogP contribution in [0.1, 0.15) is 32.6 Å². The van der Waals surface area contributed by atoms with E-state index >= 15 is 0 Å². The van der Waals surface area contributed by atoms with Gasteiger partial charge in [0, 0.05) is 18.5 Å². The van der Waals surface area contributed by atoms with Gasteiger partial charge in [-0.15, -0.1) is 0 Å². The average molecular weight is 183 g/mol. The number of carbonyl (C=O) groups excluding carboxylic acids is 1. The first-order valence-corrected chi connectivity index (χ1v) is 5.15. The number of rotatable bonds is 2. The van der Waals surface area contributed by atoms with Gasteiger partial charge in [0.15, 0.2) is 0 Å². The van der Waals surface area contributed by atoms with E-state index in [-0.39, 0.29) is 17.4 Å². The van der Waals surface area contributed by atoms with Crippen molar-refractivity contribution in [2.45, 2.75) is 38.7 Å². The molecule has 0 aromatic rings. The van der Waals surface area contributed by atoms with E-state index in [1.807, 2.05) is 0 Å². The summed E-state index contributed by atoms with van der Waals surface area (Å²) in [6, 6.07) is 0. The van der Waals surface area contributed by atoms with Gasteiger partial charge in [-0.25, -0.2) is 0 Å². The number of hydrogen-bond acceptors (Lipinski definition) is 2. The summed E-state index contributed by atoms with van der Waals surface area (Å²) in [5.41, 5.74) is -0.0415. The highest BCUT2D eigenvalue weighted by atomic mass is 16.3. The smallest absolute Gasteiger partial charge is 0.228 e. The summed E-state index contributed by atoms with van der Waals surface area (Å²) < 4.78 is 0. The fraction of sp³-hybridized carbons (Fsp3) is 0.900. The van der Waals surface area contributed by atoms with E-state index in [4.69, 9.17) is 5.11 Å². The highest BCUT2D eigenvalue weighted by Gasteiger charge is 2.46. The van der Waals surface area contributed by atoms with Crippen molar-refractivity contribution in [2.24, 2.45) is 5.41 Å². The maximum atomic E-state index is 11.9. The van der Waals surface area contributed by atoms with Crippen molar-refractivity contribution in [3.63, 3.8) is 0 Å². The molecule has 74 valence electrons. The molecule has 2 rings (SSSR count). The zero-order valence-corrected chi connectivity index (χ0v) is 8.12. The largest absolute Gasteiger partial charge is 0.389 e. The molecule has 1 saturated heterocycles. The summed E-state index contributed by atoms with van der Waals surface area (Å²) in [6.45, 7) is 3.20. The third kappa shape index (κ3) is 1.26. The van der Waals surface area contributed by atoms with Crippen LogP contribution in [0.5, 0.6) is 0 Å². The minimum Gasteiger partial charge on any atom is -0.389 e. The van der Waals surface area contributed by atoms with Crippen LogP contribution in [-0.2, 0) is 4.79 Å². The normalized spacial score (nSPS) is 26.5. The number of hydrogen-bond donors (Lipinski definition) is 1. The standard InChI is InChI=1S/C10H17NO2/c1-2-10(4-3-5-10)9(13)11-6-8(12)7-11/h8,12H,2-7H2,1H3. The van der Waals surface area contributed by atoms with Crippen LogP contribution in [0.15, 0.2) is 0 Å². The SMILES string of the molecule is CCC1(C(=O)N2CC(O)C2)CCC1. The van der Waals surface area contributed by atoms with Crippen LogP contribution < -0.4 is 0 Å². The number of aliphatic hydroxyl groups is 1. The Kier molecular flexibility index (Phi) is 2.06. The Bertz CT molecular complexity index is 211. The predicted molar refractivity (Wildman–Crippen MR) is 49.2 cm³/mol. The number of carbonyl (C=O) groups is 1. The first kappa shape index (κ1) is 9.00. The van der Waals surface area contributed by atoms with E-state index in [0.29, 0.717) is 13.1 Å². The third-order valence-electron chi connectivity index (χ3n) is 3.59. The second-order valence-electron chi connectivity index (χ2n) is 4.35. The molecule has 0 spiro atoms. The lowest BCUT2D eigenvalue weighted by Gasteiger charge is -2.47. The molecule has 1 saturated carbocycles. The highest BCUT2D eigenvalue weighted by molar-refractivity contribution is 5.84. The van der Waals surface area contributed by atoms with E-state index in [9.17, 15) is 4.79 Å². The minimum absolute atomic E-state index is 0.0415. The lowest BCUT2D eigenvalue weighted by atomic mass is 9.66. The molecule has 0 aromatic carbocycles. The van der Waals surface area contributed by atoms with Crippen molar-refractivity contribution < 1.29 is 9.90 Å². The molecule has 1 aliphatic heterocycles. The van der Waals surface area contributed by atoms with Crippen LogP contribution in [0.4, 0.5) is 0 Å². The van der Waals surface area contributed by atoms with Gasteiger partial charge < -0.3 is 10.0 Å². The topological polar surface area (TPSA) is 40.5 Å². The molecule has 0 atom stereocenters. The molecule has 1 heterocycles. The van der Waals surface area contributed by atoms with Crippen molar-refractivity contribution in [1.82, 2.24) is 4.90 Å². The zero-order valence-electron chi connectivity index (χ0n) is 8.12. The van der Waals surface area contributed by atoms with Gasteiger partial charge in [0.1, 0.15) is 0 Å². The van der Waals surface area contributed by atoms with E-state index in [1.165, 1.54) is 6.42 Å². The molecular formula is C10H17NO2. The average Bonchev–Trinajstić information content (AvgIpc) is 1.97. The maximum absolute atomic E-state index is 11.9. The van der Waals surface area contributed by atoms with Crippen LogP contribution in [0.3, 0.4) is 0 Å². The number of likely N-dealkylation sites (tertiary alicyclic amines) is 1. The van der Waals surface area contributed by atoms with Gasteiger partial charge in [-0.3, -0.25) is 4.79 Å². The Morgan fingerprint density at radius 3 is 2.46 bits per heavy atom. The maximum Gasteiger partial charge on any atom is 0.228 e. The van der Waals surface area contributed by atoms with Gasteiger partial charge in [0.25, 0.3) is 0 Å². The molecule has 1 N–H and O–H groups in total. The summed E-state index contributed by atoms with van der Waals surface area (Å²) in [5.74, 6) is 0.284. The van der Waals surface area contributed by atoms with Crippen LogP contribution in [0, 0.1) is 5.41 Å². The fourth-order valence-electron chi connectivity index (χ4n) is 2.28. The molecule has 2 fully saturated rings. The Balaban J connectivity index is 1.96. The lowest BCUT2D eigenvalue weighted by Crippen LogP contribution is -2.59. The molecule has 1 aliphatic carbocycles. The molecule has 0 bridgehead atoms. The molecular weight excluding hydrogens is 166 g/mol. The van der Waals surface area contributed by atoms with Gasteiger partial charge in [-0.1, -0.05) is 13.3 Å². The van der Waals surface area contributed by atoms with Crippen molar-refractivity contribution in [2.75, 3.05) is 13.1 Å². The van der Waals surface area contributed by atoms with Gasteiger partial charge in [0.2, 0.25) is 5.91 Å². The van der Waals surface area contributed by atoms with Gasteiger partial charge in [-0.05, 0) is 19.3 Å². The number of aliphatic hydroxyl groups excluding tert-OH is 1. The van der Waals surface area contributed by atoms with Crippen LogP contribution in [0.25, 0.3) is 0 Å². The third-order valence-corrected chi connectivity index (χ3v) is 3.59. The summed E-state index contributed by atoms with van der Waals surface area (Å²) in [6.07, 6.45) is 3.98. The molecule has 1 amide bonds. The quantitative estimate of drug-likeness (QED) is 0.687. The number of nitrogens with zero attached hydrogens (tertiary/aromatic N) is 1. The fourth-order valence-corrected chi connectivity index (χ4v) is 2.28. The minimum atomic E-state index is -0.266. The lowest BCUT2D eigenvalue weighted by molar-refractivity contribution is -0.158. The second kappa shape index (κ2) is 2.98. The molecule has 0 aromatic heterocycles. The Labute approximate surface area is 78.7 Å². The van der Waals surface area contributed by atoms with Crippen molar-refractivity contribution >= 4 is 5.91 Å². The molecule has 0 radical (unpaired) electrons. The summed E-state index contributed by atoms with van der Waals surface area (Å²) in [4.78, 5) is 13.7. The molecule has 13 heavy (non-hydrogen) atoms. The predicted octanol–water partition coefficient (Wildman–Crippen LogP) is 0.770. The molecule has 3 nitrogen and oxygen atoms in total. The second-order valence-corrected chi connectivity index (χ2v) is 4.35. The van der Waals surface area contributed by atoms with E-state index in [1.54, 1.807) is 4.90 Å². The Morgan fingerprint density at radius 2 is 2.15 bits per heavy atom. The van der Waals surface area contributed by atoms with Crippen LogP contribution >= 0.6 is 0 Å². The van der Waals surface area contributed by atoms with Gasteiger partial charge in [-0.2, -0.15) is 0 Å². The molecule has 3 heteroatoms. The van der Waals surface area contributed by atoms with Gasteiger partial charge in [0.05, 0.1) is 6.10 Å². The van der Waals surface area contributed by atoms with Crippen molar-refractivity contribution in [1.29, 1.82) is 0 Å². The van der Waals surface area contributed by atoms with E-state index in [0.717, 1.165) is 19.3 Å². The zero-order chi connectivity index (χ0) is 9.47. The van der Waals surface area contributed by atoms with Crippen molar-refractivity contribution in [3.05, 3.63) is 0 Å². The van der Waals surface area contributed by atoms with E-state index in [2.05, 4.69) is 6.92 Å². The van der Waals surface area contributed by atoms with E-state index < -0.39 is 0 Å². The Morgan fingerprint density at radius 1 is 1.54 bits per heavy atom. The summed E-state index contributed by atoms with van der Waals surface area (Å²) in [7, 11) is 0. The summed E-state index contributed by atoms with van der Waals surface area (Å²) >= 11 is 0. The van der Waals surface area contributed by atoms with Crippen LogP contribution in [-0.4, -0.2) is 35.1 Å². The first-order valence-electron chi connectivity index (χ1n) is 5.15. The van der Waals surface area contributed by atoms with Gasteiger partial charge >= 0.3 is 0 Å². The number of β-amino-alcohol motifs (C(OH)–C–C–N with tert-alkyl or cyclic N) is 1. The summed E-state index contributed by atoms with van der Waals surface area (Å²) in [5, 5.41) is 9.10. The number of amides is 1.